The molecule has 0 aliphatic carbocycles. The Hall–Kier alpha value is -0.865. The van der Waals surface area contributed by atoms with E-state index in [0.29, 0.717) is 0 Å². The maximum absolute atomic E-state index is 5.97. The third-order valence-electron chi connectivity index (χ3n) is 3.67. The maximum atomic E-state index is 5.97. The first-order chi connectivity index (χ1) is 7.80. The van der Waals surface area contributed by atoms with Gasteiger partial charge in [-0.15, -0.1) is 0 Å². The molecule has 4 heteroatoms. The SMILES string of the molecule is Cc1cc(CB2OC(C)(C)C(C)(C)O2)ccn1. The van der Waals surface area contributed by atoms with Crippen molar-refractivity contribution < 1.29 is 9.31 Å². The molecule has 1 fully saturated rings. The van der Waals surface area contributed by atoms with Gasteiger partial charge in [0.15, 0.2) is 0 Å². The van der Waals surface area contributed by atoms with E-state index in [9.17, 15) is 0 Å². The van der Waals surface area contributed by atoms with Crippen LogP contribution in [0.5, 0.6) is 0 Å². The lowest BCUT2D eigenvalue weighted by Crippen LogP contribution is -2.41. The standard InChI is InChI=1S/C13H20BNO2/c1-10-8-11(6-7-15-10)9-14-16-12(2,3)13(4,5)17-14/h6-8H,9H2,1-5H3. The maximum Gasteiger partial charge on any atom is 0.462 e. The van der Waals surface area contributed by atoms with Crippen molar-refractivity contribution in [2.45, 2.75) is 52.1 Å². The van der Waals surface area contributed by atoms with Gasteiger partial charge >= 0.3 is 7.12 Å². The molecule has 2 rings (SSSR count). The first-order valence-electron chi connectivity index (χ1n) is 6.07. The molecule has 0 N–H and O–H groups in total. The minimum Gasteiger partial charge on any atom is -0.403 e. The molecular weight excluding hydrogens is 213 g/mol. The summed E-state index contributed by atoms with van der Waals surface area (Å²) >= 11 is 0. The van der Waals surface area contributed by atoms with Crippen LogP contribution in [0.2, 0.25) is 0 Å². The Bertz CT molecular complexity index is 402. The van der Waals surface area contributed by atoms with E-state index in [-0.39, 0.29) is 18.3 Å². The molecule has 17 heavy (non-hydrogen) atoms. The molecule has 1 aliphatic rings. The van der Waals surface area contributed by atoms with E-state index in [1.54, 1.807) is 0 Å². The molecule has 1 saturated heterocycles. The first kappa shape index (κ1) is 12.6. The minimum atomic E-state index is -0.250. The Balaban J connectivity index is 2.08. The molecular formula is C13H20BNO2. The third kappa shape index (κ3) is 2.53. The monoisotopic (exact) mass is 233 g/mol. The van der Waals surface area contributed by atoms with Gasteiger partial charge in [0.05, 0.1) is 11.2 Å². The highest BCUT2D eigenvalue weighted by Gasteiger charge is 2.50. The van der Waals surface area contributed by atoms with Gasteiger partial charge in [0.1, 0.15) is 0 Å². The van der Waals surface area contributed by atoms with Crippen molar-refractivity contribution in [3.8, 4) is 0 Å². The minimum absolute atomic E-state index is 0.165. The fourth-order valence-electron chi connectivity index (χ4n) is 1.97. The number of aromatic nitrogens is 1. The highest BCUT2D eigenvalue weighted by molar-refractivity contribution is 6.45. The van der Waals surface area contributed by atoms with Crippen molar-refractivity contribution in [3.63, 3.8) is 0 Å². The summed E-state index contributed by atoms with van der Waals surface area (Å²) in [6.45, 7) is 10.3. The molecule has 0 aromatic carbocycles. The second-order valence-corrected chi connectivity index (χ2v) is 5.70. The van der Waals surface area contributed by atoms with Gasteiger partial charge in [0.25, 0.3) is 0 Å². The molecule has 0 amide bonds. The molecule has 0 bridgehead atoms. The molecule has 1 aromatic rings. The molecule has 1 aliphatic heterocycles. The molecule has 2 heterocycles. The van der Waals surface area contributed by atoms with Crippen LogP contribution in [0.4, 0.5) is 0 Å². The van der Waals surface area contributed by atoms with Gasteiger partial charge in [-0.2, -0.15) is 0 Å². The summed E-state index contributed by atoms with van der Waals surface area (Å²) in [6.07, 6.45) is 2.60. The predicted octanol–water partition coefficient (Wildman–Crippen LogP) is 2.56. The lowest BCUT2D eigenvalue weighted by molar-refractivity contribution is 0.00578. The van der Waals surface area contributed by atoms with Crippen LogP contribution in [-0.2, 0) is 15.6 Å². The van der Waals surface area contributed by atoms with Crippen molar-refractivity contribution in [1.82, 2.24) is 4.98 Å². The number of hydrogen-bond acceptors (Lipinski definition) is 3. The van der Waals surface area contributed by atoms with Crippen molar-refractivity contribution in [2.75, 3.05) is 0 Å². The van der Waals surface area contributed by atoms with E-state index in [2.05, 4.69) is 38.7 Å². The lowest BCUT2D eigenvalue weighted by Gasteiger charge is -2.32. The number of aryl methyl sites for hydroxylation is 1. The number of pyridine rings is 1. The van der Waals surface area contributed by atoms with E-state index >= 15 is 0 Å². The van der Waals surface area contributed by atoms with Crippen LogP contribution in [0.3, 0.4) is 0 Å². The summed E-state index contributed by atoms with van der Waals surface area (Å²) in [4.78, 5) is 4.19. The zero-order valence-corrected chi connectivity index (χ0v) is 11.3. The molecule has 0 unspecified atom stereocenters. The molecule has 0 atom stereocenters. The molecule has 0 spiro atoms. The third-order valence-corrected chi connectivity index (χ3v) is 3.67. The Labute approximate surface area is 104 Å². The van der Waals surface area contributed by atoms with Crippen molar-refractivity contribution in [1.29, 1.82) is 0 Å². The van der Waals surface area contributed by atoms with Gasteiger partial charge in [0, 0.05) is 18.2 Å². The summed E-state index contributed by atoms with van der Waals surface area (Å²) in [6, 6.07) is 4.09. The normalized spacial score (nSPS) is 21.8. The van der Waals surface area contributed by atoms with Gasteiger partial charge < -0.3 is 9.31 Å². The van der Waals surface area contributed by atoms with Crippen LogP contribution < -0.4 is 0 Å². The number of nitrogens with zero attached hydrogens (tertiary/aromatic N) is 1. The molecule has 92 valence electrons. The van der Waals surface area contributed by atoms with Crippen molar-refractivity contribution in [2.24, 2.45) is 0 Å². The molecule has 3 nitrogen and oxygen atoms in total. The number of hydrogen-bond donors (Lipinski definition) is 0. The Morgan fingerprint density at radius 2 is 1.76 bits per heavy atom. The van der Waals surface area contributed by atoms with Crippen LogP contribution in [0.1, 0.15) is 39.0 Å². The molecule has 0 radical (unpaired) electrons. The zero-order valence-electron chi connectivity index (χ0n) is 11.3. The van der Waals surface area contributed by atoms with Crippen LogP contribution in [0.15, 0.2) is 18.3 Å². The van der Waals surface area contributed by atoms with Crippen LogP contribution >= 0.6 is 0 Å². The fraction of sp³-hybridized carbons (Fsp3) is 0.615. The van der Waals surface area contributed by atoms with E-state index in [0.717, 1.165) is 12.0 Å². The Morgan fingerprint density at radius 1 is 1.18 bits per heavy atom. The summed E-state index contributed by atoms with van der Waals surface area (Å²) in [7, 11) is -0.165. The van der Waals surface area contributed by atoms with Gasteiger partial charge in [-0.3, -0.25) is 4.98 Å². The average molecular weight is 233 g/mol. The summed E-state index contributed by atoms with van der Waals surface area (Å²) in [5.74, 6) is 0. The van der Waals surface area contributed by atoms with E-state index < -0.39 is 0 Å². The van der Waals surface area contributed by atoms with Crippen LogP contribution in [0.25, 0.3) is 0 Å². The van der Waals surface area contributed by atoms with Gasteiger partial charge in [-0.05, 0) is 52.3 Å². The Kier molecular flexibility index (Phi) is 3.04. The summed E-state index contributed by atoms with van der Waals surface area (Å²) in [5, 5.41) is 0. The van der Waals surface area contributed by atoms with Crippen LogP contribution in [-0.4, -0.2) is 23.3 Å². The molecule has 0 saturated carbocycles. The van der Waals surface area contributed by atoms with Crippen molar-refractivity contribution >= 4 is 7.12 Å². The second-order valence-electron chi connectivity index (χ2n) is 5.70. The smallest absolute Gasteiger partial charge is 0.403 e. The largest absolute Gasteiger partial charge is 0.462 e. The second kappa shape index (κ2) is 4.11. The van der Waals surface area contributed by atoms with Gasteiger partial charge in [-0.25, -0.2) is 0 Å². The first-order valence-corrected chi connectivity index (χ1v) is 6.07. The zero-order chi connectivity index (χ0) is 12.7. The topological polar surface area (TPSA) is 31.4 Å². The van der Waals surface area contributed by atoms with Crippen LogP contribution in [0, 0.1) is 6.92 Å². The van der Waals surface area contributed by atoms with E-state index in [1.807, 2.05) is 19.2 Å². The van der Waals surface area contributed by atoms with E-state index in [1.165, 1.54) is 5.56 Å². The fourth-order valence-corrected chi connectivity index (χ4v) is 1.97. The van der Waals surface area contributed by atoms with Gasteiger partial charge in [-0.1, -0.05) is 0 Å². The highest BCUT2D eigenvalue weighted by Crippen LogP contribution is 2.37. The predicted molar refractivity (Wildman–Crippen MR) is 68.8 cm³/mol. The summed E-state index contributed by atoms with van der Waals surface area (Å²) < 4.78 is 11.9. The Morgan fingerprint density at radius 3 is 2.29 bits per heavy atom. The number of rotatable bonds is 2. The van der Waals surface area contributed by atoms with Gasteiger partial charge in [0.2, 0.25) is 0 Å². The highest BCUT2D eigenvalue weighted by atomic mass is 16.7. The molecule has 1 aromatic heterocycles. The summed E-state index contributed by atoms with van der Waals surface area (Å²) in [5.41, 5.74) is 1.73. The quantitative estimate of drug-likeness (QED) is 0.735. The lowest BCUT2D eigenvalue weighted by atomic mass is 9.81. The average Bonchev–Trinajstić information content (AvgIpc) is 2.34. The van der Waals surface area contributed by atoms with Crippen molar-refractivity contribution in [3.05, 3.63) is 29.6 Å². The van der Waals surface area contributed by atoms with E-state index in [4.69, 9.17) is 9.31 Å².